The molecular weight excluding hydrogens is 608 g/mol. The van der Waals surface area contributed by atoms with Crippen LogP contribution in [-0.4, -0.2) is 42.4 Å². The van der Waals surface area contributed by atoms with E-state index in [2.05, 4.69) is 23.0 Å². The fraction of sp³-hybridized carbons (Fsp3) is 0.500. The third-order valence-electron chi connectivity index (χ3n) is 4.00. The fourth-order valence-corrected chi connectivity index (χ4v) is 2.95. The molecule has 0 aromatic carbocycles. The zero-order chi connectivity index (χ0) is 30.8. The lowest BCUT2D eigenvalue weighted by atomic mass is 10.1. The summed E-state index contributed by atoms with van der Waals surface area (Å²) in [5, 5.41) is 32.8. The van der Waals surface area contributed by atoms with Crippen LogP contribution in [0, 0.1) is 11.3 Å². The number of aliphatic hydroxyl groups is 1. The number of aryl methyl sites for hydroxylation is 1. The van der Waals surface area contributed by atoms with Crippen LogP contribution >= 0.6 is 47.2 Å². The number of rotatable bonds is 8. The van der Waals surface area contributed by atoms with E-state index in [1.165, 1.54) is 6.07 Å². The summed E-state index contributed by atoms with van der Waals surface area (Å²) < 4.78 is 0. The molecule has 2 heterocycles. The molecule has 228 valence electrons. The van der Waals surface area contributed by atoms with Crippen LogP contribution in [-0.2, 0) is 22.4 Å². The van der Waals surface area contributed by atoms with E-state index in [4.69, 9.17) is 45.2 Å². The van der Waals surface area contributed by atoms with Crippen molar-refractivity contribution in [3.05, 3.63) is 55.3 Å². The quantitative estimate of drug-likeness (QED) is 0.104. The van der Waals surface area contributed by atoms with Crippen molar-refractivity contribution in [2.45, 2.75) is 79.1 Å². The Bertz CT molecular complexity index is 1080. The summed E-state index contributed by atoms with van der Waals surface area (Å²) in [6.07, 6.45) is 7.37. The number of halogens is 4. The number of hydrogen-bond donors (Lipinski definition) is 5. The lowest BCUT2D eigenvalue weighted by molar-refractivity contribution is -0.118. The van der Waals surface area contributed by atoms with Crippen LogP contribution in [0.1, 0.15) is 77.3 Å². The highest BCUT2D eigenvalue weighted by Gasteiger charge is 2.06. The molecule has 2 aromatic heterocycles. The first-order chi connectivity index (χ1) is 18.3. The molecule has 0 radical (unpaired) electrons. The number of aliphatic hydroxyl groups excluding tert-OH is 1. The number of pyridine rings is 2. The number of aromatic amines is 2. The number of nitriles is 1. The van der Waals surface area contributed by atoms with E-state index in [-0.39, 0.29) is 53.2 Å². The highest BCUT2D eigenvalue weighted by molar-refractivity contribution is 6.72. The molecule has 0 aliphatic heterocycles. The van der Waals surface area contributed by atoms with E-state index >= 15 is 0 Å². The zero-order valence-electron chi connectivity index (χ0n) is 23.1. The maximum absolute atomic E-state index is 10.8. The van der Waals surface area contributed by atoms with Crippen LogP contribution < -0.4 is 11.1 Å². The molecular formula is C26H39Cl4N3O7. The van der Waals surface area contributed by atoms with Gasteiger partial charge < -0.3 is 25.3 Å². The van der Waals surface area contributed by atoms with E-state index < -0.39 is 10.5 Å². The molecule has 2 aromatic rings. The minimum Gasteiger partial charge on any atom is -0.507 e. The van der Waals surface area contributed by atoms with E-state index in [1.807, 2.05) is 13.8 Å². The summed E-state index contributed by atoms with van der Waals surface area (Å²) in [7, 11) is 0. The van der Waals surface area contributed by atoms with Gasteiger partial charge in [-0.1, -0.05) is 51.6 Å². The summed E-state index contributed by atoms with van der Waals surface area (Å²) in [6, 6.07) is 4.40. The number of hydrogen-bond acceptors (Lipinski definition) is 8. The van der Waals surface area contributed by atoms with Crippen molar-refractivity contribution in [1.82, 2.24) is 9.97 Å². The van der Waals surface area contributed by atoms with Gasteiger partial charge in [0, 0.05) is 42.5 Å². The minimum absolute atomic E-state index is 0. The molecule has 0 bridgehead atoms. The van der Waals surface area contributed by atoms with Gasteiger partial charge in [-0.15, -0.1) is 12.4 Å². The largest absolute Gasteiger partial charge is 0.507 e. The lowest BCUT2D eigenvalue weighted by Crippen LogP contribution is -2.05. The first kappa shape index (κ1) is 44.5. The van der Waals surface area contributed by atoms with Crippen molar-refractivity contribution in [1.29, 1.82) is 5.26 Å². The van der Waals surface area contributed by atoms with Crippen LogP contribution in [0.3, 0.4) is 0 Å². The Balaban J connectivity index is -0.000000214. The molecule has 40 heavy (non-hydrogen) atoms. The summed E-state index contributed by atoms with van der Waals surface area (Å²) in [5.74, 6) is 0.0706. The Hall–Kier alpha value is -2.55. The summed E-state index contributed by atoms with van der Waals surface area (Å²) in [6.45, 7) is 8.00. The smallest absolute Gasteiger partial charge is 0.252 e. The third-order valence-corrected chi connectivity index (χ3v) is 4.59. The van der Waals surface area contributed by atoms with Gasteiger partial charge >= 0.3 is 0 Å². The normalized spacial score (nSPS) is 8.78. The van der Waals surface area contributed by atoms with E-state index in [0.29, 0.717) is 12.0 Å². The van der Waals surface area contributed by atoms with Gasteiger partial charge in [0.15, 0.2) is 0 Å². The Morgan fingerprint density at radius 1 is 0.925 bits per heavy atom. The van der Waals surface area contributed by atoms with E-state index in [9.17, 15) is 29.4 Å². The van der Waals surface area contributed by atoms with Crippen molar-refractivity contribution in [2.75, 3.05) is 6.61 Å². The van der Waals surface area contributed by atoms with Gasteiger partial charge in [0.25, 0.3) is 11.1 Å². The van der Waals surface area contributed by atoms with Crippen LogP contribution in [0.4, 0.5) is 0 Å². The highest BCUT2D eigenvalue weighted by atomic mass is 35.5. The maximum atomic E-state index is 10.8. The maximum Gasteiger partial charge on any atom is 0.252 e. The summed E-state index contributed by atoms with van der Waals surface area (Å²) in [5.41, 5.74) is 0.769. The third kappa shape index (κ3) is 27.0. The number of aromatic hydroxyl groups is 2. The van der Waals surface area contributed by atoms with Crippen molar-refractivity contribution >= 4 is 57.7 Å². The second kappa shape index (κ2) is 29.4. The van der Waals surface area contributed by atoms with Crippen LogP contribution in [0.5, 0.6) is 11.5 Å². The van der Waals surface area contributed by atoms with E-state index in [0.717, 1.165) is 50.2 Å². The lowest BCUT2D eigenvalue weighted by Gasteiger charge is -2.03. The number of H-pyrrole nitrogens is 2. The Kier molecular flexibility index (Phi) is 32.7. The summed E-state index contributed by atoms with van der Waals surface area (Å²) in [4.78, 5) is 45.8. The molecule has 10 nitrogen and oxygen atoms in total. The van der Waals surface area contributed by atoms with Crippen molar-refractivity contribution in [3.63, 3.8) is 0 Å². The van der Waals surface area contributed by atoms with Crippen LogP contribution in [0.25, 0.3) is 0 Å². The Morgan fingerprint density at radius 2 is 1.43 bits per heavy atom. The summed E-state index contributed by atoms with van der Waals surface area (Å²) >= 11 is 15.2. The van der Waals surface area contributed by atoms with Crippen molar-refractivity contribution < 1.29 is 24.9 Å². The van der Waals surface area contributed by atoms with Gasteiger partial charge in [-0.3, -0.25) is 19.2 Å². The highest BCUT2D eigenvalue weighted by Crippen LogP contribution is 2.22. The number of nitrogens with zero attached hydrogens (tertiary/aromatic N) is 1. The molecule has 0 aliphatic rings. The van der Waals surface area contributed by atoms with Gasteiger partial charge in [-0.05, 0) is 49.4 Å². The molecule has 14 heteroatoms. The average molecular weight is 647 g/mol. The average Bonchev–Trinajstić information content (AvgIpc) is 2.83. The standard InChI is InChI=1S/C8H10ClNO2.C8H11NO2.C5H9N.C3H2Cl2O2.C2H6O.ClH/c1-2-3-5-6(11)4-7(12)10-8(5)9;1-2-3-6-5-9-8(11)4-7(6)10;1-2-3-4-5-6;4-2(6)1-3(5)7;1-2-3;/h4H,2-3H2,1H3,(H2,10,11,12);4-5H,2-3H2,1H3,(H2,9,10,11);2-4H2,1H3;1H2;3H,2H2,1H3;1H. The van der Waals surface area contributed by atoms with Crippen LogP contribution in [0.2, 0.25) is 5.15 Å². The molecule has 5 N–H and O–H groups in total. The first-order valence-corrected chi connectivity index (χ1v) is 13.3. The van der Waals surface area contributed by atoms with Gasteiger partial charge in [0.05, 0.1) is 12.5 Å². The number of nitrogens with one attached hydrogen (secondary N) is 2. The predicted molar refractivity (Wildman–Crippen MR) is 162 cm³/mol. The number of aromatic nitrogens is 2. The Labute approximate surface area is 255 Å². The predicted octanol–water partition coefficient (Wildman–Crippen LogP) is 5.75. The molecule has 0 saturated carbocycles. The molecule has 0 spiro atoms. The molecule has 0 fully saturated rings. The van der Waals surface area contributed by atoms with Gasteiger partial charge in [-0.25, -0.2) is 0 Å². The van der Waals surface area contributed by atoms with Crippen LogP contribution in [0.15, 0.2) is 27.9 Å². The Morgan fingerprint density at radius 3 is 1.75 bits per heavy atom. The monoisotopic (exact) mass is 645 g/mol. The molecule has 0 atom stereocenters. The van der Waals surface area contributed by atoms with E-state index in [1.54, 1.807) is 13.1 Å². The molecule has 0 amide bonds. The molecule has 2 rings (SSSR count). The molecule has 0 saturated heterocycles. The topological polar surface area (TPSA) is 184 Å². The SMILES string of the molecule is CCCCC#N.CCCc1c(O)cc(=O)[nH]c1Cl.CCCc1c[nH]c(=O)cc1O.CCO.Cl.O=C(Cl)CC(=O)Cl. The minimum atomic E-state index is -0.722. The zero-order valence-corrected chi connectivity index (χ0v) is 26.1. The second-order valence-electron chi connectivity index (χ2n) is 7.48. The fourth-order valence-electron chi connectivity index (χ4n) is 2.36. The number of carbonyl (C=O) groups excluding carboxylic acids is 2. The molecule has 0 aliphatic carbocycles. The van der Waals surface area contributed by atoms with Gasteiger partial charge in [0.2, 0.25) is 10.5 Å². The van der Waals surface area contributed by atoms with Crippen molar-refractivity contribution in [2.24, 2.45) is 0 Å². The number of unbranched alkanes of at least 4 members (excludes halogenated alkanes) is 2. The number of carbonyl (C=O) groups is 2. The second-order valence-corrected chi connectivity index (χ2v) is 8.71. The first-order valence-electron chi connectivity index (χ1n) is 12.2. The van der Waals surface area contributed by atoms with Crippen molar-refractivity contribution in [3.8, 4) is 17.6 Å². The van der Waals surface area contributed by atoms with Gasteiger partial charge in [0.1, 0.15) is 16.7 Å². The van der Waals surface area contributed by atoms with Gasteiger partial charge in [-0.2, -0.15) is 5.26 Å². The molecule has 0 unspecified atom stereocenters.